The molecule has 3 aromatic rings. The van der Waals surface area contributed by atoms with Crippen molar-refractivity contribution in [2.24, 2.45) is 5.10 Å². The third kappa shape index (κ3) is 3.81. The highest BCUT2D eigenvalue weighted by Crippen LogP contribution is 2.29. The smallest absolute Gasteiger partial charge is 0.242 e. The molecule has 0 saturated carbocycles. The van der Waals surface area contributed by atoms with Gasteiger partial charge in [-0.25, -0.2) is 0 Å². The van der Waals surface area contributed by atoms with Gasteiger partial charge in [0.25, 0.3) is 0 Å². The van der Waals surface area contributed by atoms with Crippen molar-refractivity contribution in [1.29, 1.82) is 0 Å². The number of rotatable bonds is 3. The lowest BCUT2D eigenvalue weighted by atomic mass is 9.94. The molecule has 0 aliphatic carbocycles. The van der Waals surface area contributed by atoms with Gasteiger partial charge in [0.2, 0.25) is 11.5 Å². The van der Waals surface area contributed by atoms with Gasteiger partial charge in [-0.05, 0) is 17.7 Å². The third-order valence-electron chi connectivity index (χ3n) is 4.79. The molecule has 0 spiro atoms. The SMILES string of the molecule is CN1C(c2ccccc2)=N[N+](C)=C(c2ccccc2)C1c1ccccc1.[I-]. The van der Waals surface area contributed by atoms with E-state index in [1.54, 1.807) is 0 Å². The molecule has 0 bridgehead atoms. The van der Waals surface area contributed by atoms with Gasteiger partial charge in [-0.15, -0.1) is 0 Å². The summed E-state index contributed by atoms with van der Waals surface area (Å²) in [5.41, 5.74) is 4.74. The maximum atomic E-state index is 4.91. The highest BCUT2D eigenvalue weighted by Gasteiger charge is 2.37. The van der Waals surface area contributed by atoms with Crippen LogP contribution < -0.4 is 24.0 Å². The van der Waals surface area contributed by atoms with Crippen molar-refractivity contribution in [2.75, 3.05) is 14.1 Å². The predicted octanol–water partition coefficient (Wildman–Crippen LogP) is 1.17. The Kier molecular flexibility index (Phi) is 6.06. The summed E-state index contributed by atoms with van der Waals surface area (Å²) in [7, 11) is 4.16. The normalized spacial score (nSPS) is 16.6. The van der Waals surface area contributed by atoms with Crippen LogP contribution in [-0.2, 0) is 0 Å². The summed E-state index contributed by atoms with van der Waals surface area (Å²) in [5.74, 6) is 0.974. The van der Waals surface area contributed by atoms with Gasteiger partial charge >= 0.3 is 0 Å². The molecule has 1 heterocycles. The van der Waals surface area contributed by atoms with E-state index < -0.39 is 0 Å². The second-order valence-electron chi connectivity index (χ2n) is 6.49. The maximum Gasteiger partial charge on any atom is 0.242 e. The Labute approximate surface area is 177 Å². The summed E-state index contributed by atoms with van der Waals surface area (Å²) in [4.78, 5) is 2.27. The van der Waals surface area contributed by atoms with Gasteiger partial charge < -0.3 is 28.9 Å². The fourth-order valence-electron chi connectivity index (χ4n) is 3.57. The maximum absolute atomic E-state index is 4.91. The number of halogens is 1. The molecular weight excluding hydrogens is 445 g/mol. The Morgan fingerprint density at radius 3 is 1.78 bits per heavy atom. The molecule has 0 N–H and O–H groups in total. The Hall–Kier alpha value is -2.47. The predicted molar refractivity (Wildman–Crippen MR) is 107 cm³/mol. The quantitative estimate of drug-likeness (QED) is 0.418. The molecule has 0 amide bonds. The summed E-state index contributed by atoms with van der Waals surface area (Å²) in [6.07, 6.45) is 0. The van der Waals surface area contributed by atoms with Crippen LogP contribution in [-0.4, -0.2) is 35.2 Å². The number of hydrogen-bond donors (Lipinski definition) is 0. The second kappa shape index (κ2) is 8.48. The average molecular weight is 467 g/mol. The molecule has 4 heteroatoms. The zero-order chi connectivity index (χ0) is 17.9. The Balaban J connectivity index is 0.00000210. The zero-order valence-corrected chi connectivity index (χ0v) is 17.6. The third-order valence-corrected chi connectivity index (χ3v) is 4.79. The van der Waals surface area contributed by atoms with Crippen LogP contribution in [0, 0.1) is 0 Å². The van der Waals surface area contributed by atoms with E-state index in [-0.39, 0.29) is 30.0 Å². The minimum absolute atomic E-state index is 0. The average Bonchev–Trinajstić information content (AvgIpc) is 2.71. The second-order valence-corrected chi connectivity index (χ2v) is 6.49. The van der Waals surface area contributed by atoms with Gasteiger partial charge in [0.05, 0.1) is 0 Å². The number of nitrogens with zero attached hydrogens (tertiary/aromatic N) is 3. The van der Waals surface area contributed by atoms with Crippen molar-refractivity contribution < 1.29 is 28.7 Å². The molecule has 27 heavy (non-hydrogen) atoms. The molecule has 4 rings (SSSR count). The number of amidine groups is 1. The molecule has 3 nitrogen and oxygen atoms in total. The van der Waals surface area contributed by atoms with Crippen molar-refractivity contribution >= 4 is 11.5 Å². The topological polar surface area (TPSA) is 18.6 Å². The lowest BCUT2D eigenvalue weighted by Crippen LogP contribution is -3.00. The van der Waals surface area contributed by atoms with Crippen molar-refractivity contribution in [3.8, 4) is 0 Å². The van der Waals surface area contributed by atoms with E-state index in [0.717, 1.165) is 11.4 Å². The van der Waals surface area contributed by atoms with Crippen molar-refractivity contribution in [3.05, 3.63) is 108 Å². The standard InChI is InChI=1S/C23H22N3.HI/c1-25-21(18-12-6-3-7-13-18)22(19-14-8-4-9-15-19)26(2)24-23(25)20-16-10-5-11-17-20;/h3-17,21H,1-2H3;1H/q+1;/p-1. The van der Waals surface area contributed by atoms with E-state index in [4.69, 9.17) is 5.10 Å². The zero-order valence-electron chi connectivity index (χ0n) is 15.5. The molecule has 136 valence electrons. The van der Waals surface area contributed by atoms with Gasteiger partial charge in [0, 0.05) is 23.3 Å². The first-order valence-electron chi connectivity index (χ1n) is 8.83. The van der Waals surface area contributed by atoms with E-state index in [2.05, 4.69) is 90.8 Å². The molecule has 0 saturated heterocycles. The van der Waals surface area contributed by atoms with Gasteiger partial charge in [-0.2, -0.15) is 0 Å². The lowest BCUT2D eigenvalue weighted by Gasteiger charge is -2.32. The van der Waals surface area contributed by atoms with Crippen LogP contribution in [0.25, 0.3) is 0 Å². The summed E-state index contributed by atoms with van der Waals surface area (Å²) in [6.45, 7) is 0. The van der Waals surface area contributed by atoms with Crippen LogP contribution in [0.15, 0.2) is 96.1 Å². The van der Waals surface area contributed by atoms with Crippen LogP contribution in [0.2, 0.25) is 0 Å². The first-order chi connectivity index (χ1) is 12.8. The number of hydrogen-bond acceptors (Lipinski definition) is 2. The van der Waals surface area contributed by atoms with E-state index in [1.807, 2.05) is 23.9 Å². The number of benzene rings is 3. The molecule has 1 atom stereocenters. The molecule has 1 aliphatic rings. The number of likely N-dealkylation sites (N-methyl/N-ethyl adjacent to an activating group) is 1. The van der Waals surface area contributed by atoms with Crippen LogP contribution >= 0.6 is 0 Å². The molecule has 0 aromatic heterocycles. The largest absolute Gasteiger partial charge is 1.00 e. The Morgan fingerprint density at radius 1 is 0.741 bits per heavy atom. The van der Waals surface area contributed by atoms with Gasteiger partial charge in [-0.1, -0.05) is 83.5 Å². The molecule has 1 unspecified atom stereocenters. The van der Waals surface area contributed by atoms with Crippen LogP contribution in [0.1, 0.15) is 22.7 Å². The van der Waals surface area contributed by atoms with Crippen molar-refractivity contribution in [2.45, 2.75) is 6.04 Å². The van der Waals surface area contributed by atoms with Crippen LogP contribution in [0.4, 0.5) is 0 Å². The fourth-order valence-corrected chi connectivity index (χ4v) is 3.57. The van der Waals surface area contributed by atoms with E-state index >= 15 is 0 Å². The van der Waals surface area contributed by atoms with E-state index in [9.17, 15) is 0 Å². The summed E-state index contributed by atoms with van der Waals surface area (Å²) >= 11 is 0. The molecule has 3 aromatic carbocycles. The summed E-state index contributed by atoms with van der Waals surface area (Å²) in [6, 6.07) is 31.6. The van der Waals surface area contributed by atoms with Crippen molar-refractivity contribution in [1.82, 2.24) is 4.90 Å². The summed E-state index contributed by atoms with van der Waals surface area (Å²) in [5, 5.41) is 4.91. The first-order valence-corrected chi connectivity index (χ1v) is 8.83. The molecule has 1 aliphatic heterocycles. The van der Waals surface area contributed by atoms with Crippen LogP contribution in [0.5, 0.6) is 0 Å². The summed E-state index contributed by atoms with van der Waals surface area (Å²) < 4.78 is 2.02. The number of hydrazone groups is 1. The highest BCUT2D eigenvalue weighted by molar-refractivity contribution is 6.08. The van der Waals surface area contributed by atoms with Gasteiger partial charge in [-0.3, -0.25) is 0 Å². The Bertz CT molecular complexity index is 951. The van der Waals surface area contributed by atoms with E-state index in [0.29, 0.717) is 0 Å². The van der Waals surface area contributed by atoms with Crippen molar-refractivity contribution in [3.63, 3.8) is 0 Å². The fraction of sp³-hybridized carbons (Fsp3) is 0.130. The lowest BCUT2D eigenvalue weighted by molar-refractivity contribution is -0.507. The molecule has 0 fully saturated rings. The minimum atomic E-state index is 0. The van der Waals surface area contributed by atoms with Crippen LogP contribution in [0.3, 0.4) is 0 Å². The monoisotopic (exact) mass is 467 g/mol. The van der Waals surface area contributed by atoms with E-state index in [1.165, 1.54) is 16.8 Å². The first kappa shape index (κ1) is 19.3. The Morgan fingerprint density at radius 2 is 1.22 bits per heavy atom. The molecule has 0 radical (unpaired) electrons. The molecular formula is C23H22IN3. The van der Waals surface area contributed by atoms with Gasteiger partial charge in [0.1, 0.15) is 6.04 Å². The minimum Gasteiger partial charge on any atom is -1.00 e. The highest BCUT2D eigenvalue weighted by atomic mass is 127. The van der Waals surface area contributed by atoms with Gasteiger partial charge in [0.15, 0.2) is 7.05 Å².